The molecule has 1 saturated heterocycles. The first-order valence-corrected chi connectivity index (χ1v) is 11.4. The van der Waals surface area contributed by atoms with Crippen LogP contribution in [0.5, 0.6) is 17.2 Å². The van der Waals surface area contributed by atoms with Gasteiger partial charge in [-0.25, -0.2) is 0 Å². The summed E-state index contributed by atoms with van der Waals surface area (Å²) in [6, 6.07) is 7.47. The van der Waals surface area contributed by atoms with Gasteiger partial charge < -0.3 is 23.6 Å². The third kappa shape index (κ3) is 3.77. The molecule has 178 valence electrons. The summed E-state index contributed by atoms with van der Waals surface area (Å²) in [7, 11) is 3.09. The minimum absolute atomic E-state index is 0.00455. The second-order valence-corrected chi connectivity index (χ2v) is 9.23. The average molecular weight is 465 g/mol. The first-order chi connectivity index (χ1) is 16.3. The molecule has 0 atom stereocenters. The van der Waals surface area contributed by atoms with Gasteiger partial charge in [-0.1, -0.05) is 11.2 Å². The fourth-order valence-electron chi connectivity index (χ4n) is 5.12. The number of carbonyl (C=O) groups is 2. The molecule has 0 bridgehead atoms. The molecule has 2 aromatic carbocycles. The second-order valence-electron chi connectivity index (χ2n) is 9.23. The standard InChI is InChI=1S/C26H28N2O6/c1-15-9-16(2)25-18(10-15)19(27-34-25)13-23(30)28-7-5-26(6-8-28)14-20(29)24-21(32-4)11-17(31-3)12-22(24)33-26/h9-12H,5-8,13-14H2,1-4H3. The highest BCUT2D eigenvalue weighted by atomic mass is 16.5. The van der Waals surface area contributed by atoms with Gasteiger partial charge in [0.25, 0.3) is 0 Å². The first-order valence-electron chi connectivity index (χ1n) is 11.4. The predicted molar refractivity (Wildman–Crippen MR) is 125 cm³/mol. The van der Waals surface area contributed by atoms with Crippen molar-refractivity contribution in [2.75, 3.05) is 27.3 Å². The molecule has 3 heterocycles. The largest absolute Gasteiger partial charge is 0.496 e. The van der Waals surface area contributed by atoms with E-state index in [0.29, 0.717) is 54.4 Å². The highest BCUT2D eigenvalue weighted by molar-refractivity contribution is 6.03. The van der Waals surface area contributed by atoms with E-state index in [9.17, 15) is 9.59 Å². The number of hydrogen-bond acceptors (Lipinski definition) is 7. The van der Waals surface area contributed by atoms with Gasteiger partial charge in [0.2, 0.25) is 5.91 Å². The molecular weight excluding hydrogens is 436 g/mol. The van der Waals surface area contributed by atoms with Crippen LogP contribution in [0, 0.1) is 13.8 Å². The number of ether oxygens (including phenoxy) is 3. The highest BCUT2D eigenvalue weighted by Crippen LogP contribution is 2.44. The molecular formula is C26H28N2O6. The van der Waals surface area contributed by atoms with E-state index in [2.05, 4.69) is 5.16 Å². The minimum Gasteiger partial charge on any atom is -0.496 e. The van der Waals surface area contributed by atoms with E-state index in [1.54, 1.807) is 19.2 Å². The number of aromatic nitrogens is 1. The lowest BCUT2D eigenvalue weighted by Gasteiger charge is -2.44. The topological polar surface area (TPSA) is 91.1 Å². The number of amides is 1. The van der Waals surface area contributed by atoms with Crippen LogP contribution >= 0.6 is 0 Å². The Hall–Kier alpha value is -3.55. The molecule has 1 aromatic heterocycles. The zero-order valence-electron chi connectivity index (χ0n) is 19.9. The Labute approximate surface area is 197 Å². The average Bonchev–Trinajstić information content (AvgIpc) is 3.21. The number of hydrogen-bond donors (Lipinski definition) is 0. The molecule has 2 aliphatic heterocycles. The zero-order chi connectivity index (χ0) is 24.0. The maximum absolute atomic E-state index is 13.1. The number of methoxy groups -OCH3 is 2. The maximum atomic E-state index is 13.1. The van der Waals surface area contributed by atoms with Crippen molar-refractivity contribution in [3.63, 3.8) is 0 Å². The van der Waals surface area contributed by atoms with Crippen molar-refractivity contribution >= 4 is 22.7 Å². The summed E-state index contributed by atoms with van der Waals surface area (Å²) in [6.07, 6.45) is 1.58. The summed E-state index contributed by atoms with van der Waals surface area (Å²) in [5, 5.41) is 5.06. The number of fused-ring (bicyclic) bond motifs is 2. The molecule has 0 radical (unpaired) electrons. The summed E-state index contributed by atoms with van der Waals surface area (Å²) in [5.41, 5.74) is 3.32. The Balaban J connectivity index is 1.30. The highest BCUT2D eigenvalue weighted by Gasteiger charge is 2.45. The number of rotatable bonds is 4. The van der Waals surface area contributed by atoms with Crippen molar-refractivity contribution in [3.8, 4) is 17.2 Å². The third-order valence-corrected chi connectivity index (χ3v) is 6.91. The van der Waals surface area contributed by atoms with Gasteiger partial charge in [-0.15, -0.1) is 0 Å². The van der Waals surface area contributed by atoms with Gasteiger partial charge in [-0.05, 0) is 31.0 Å². The van der Waals surface area contributed by atoms with Crippen molar-refractivity contribution in [3.05, 3.63) is 46.6 Å². The number of piperidine rings is 1. The van der Waals surface area contributed by atoms with Gasteiger partial charge in [0, 0.05) is 43.5 Å². The van der Waals surface area contributed by atoms with Gasteiger partial charge in [0.05, 0.1) is 27.1 Å². The lowest BCUT2D eigenvalue weighted by atomic mass is 9.82. The number of benzene rings is 2. The van der Waals surface area contributed by atoms with E-state index in [0.717, 1.165) is 22.1 Å². The van der Waals surface area contributed by atoms with Gasteiger partial charge in [-0.2, -0.15) is 0 Å². The number of Topliss-reactive ketones (excluding diaryl/α,β-unsaturated/α-hetero) is 1. The molecule has 3 aromatic rings. The number of aryl methyl sites for hydroxylation is 2. The Kier molecular flexibility index (Phi) is 5.46. The summed E-state index contributed by atoms with van der Waals surface area (Å²) >= 11 is 0. The van der Waals surface area contributed by atoms with Crippen LogP contribution < -0.4 is 14.2 Å². The van der Waals surface area contributed by atoms with Gasteiger partial charge in [0.1, 0.15) is 34.1 Å². The van der Waals surface area contributed by atoms with Crippen LogP contribution in [0.3, 0.4) is 0 Å². The third-order valence-electron chi connectivity index (χ3n) is 6.91. The molecule has 5 rings (SSSR count). The molecule has 0 aliphatic carbocycles. The van der Waals surface area contributed by atoms with E-state index in [4.69, 9.17) is 18.7 Å². The Bertz CT molecular complexity index is 1290. The lowest BCUT2D eigenvalue weighted by molar-refractivity contribution is -0.134. The van der Waals surface area contributed by atoms with Crippen molar-refractivity contribution in [2.45, 2.75) is 45.1 Å². The molecule has 1 fully saturated rings. The Morgan fingerprint density at radius 3 is 2.59 bits per heavy atom. The van der Waals surface area contributed by atoms with E-state index >= 15 is 0 Å². The smallest absolute Gasteiger partial charge is 0.228 e. The molecule has 8 heteroatoms. The molecule has 0 N–H and O–H groups in total. The predicted octanol–water partition coefficient (Wildman–Crippen LogP) is 4.03. The second kappa shape index (κ2) is 8.34. The van der Waals surface area contributed by atoms with Crippen LogP contribution in [0.2, 0.25) is 0 Å². The molecule has 1 spiro atoms. The summed E-state index contributed by atoms with van der Waals surface area (Å²) in [5.74, 6) is 1.48. The van der Waals surface area contributed by atoms with Crippen LogP contribution in [0.1, 0.15) is 46.4 Å². The minimum atomic E-state index is -0.632. The number of likely N-dealkylation sites (tertiary alicyclic amines) is 1. The van der Waals surface area contributed by atoms with Gasteiger partial charge >= 0.3 is 0 Å². The zero-order valence-corrected chi connectivity index (χ0v) is 19.9. The van der Waals surface area contributed by atoms with E-state index in [-0.39, 0.29) is 24.5 Å². The molecule has 1 amide bonds. The van der Waals surface area contributed by atoms with E-state index in [1.807, 2.05) is 30.9 Å². The Morgan fingerprint density at radius 1 is 1.12 bits per heavy atom. The monoisotopic (exact) mass is 464 g/mol. The van der Waals surface area contributed by atoms with Crippen LogP contribution in [0.15, 0.2) is 28.8 Å². The lowest BCUT2D eigenvalue weighted by Crippen LogP contribution is -2.52. The van der Waals surface area contributed by atoms with Crippen molar-refractivity contribution in [1.82, 2.24) is 10.1 Å². The quantitative estimate of drug-likeness (QED) is 0.576. The number of carbonyl (C=O) groups excluding carboxylic acids is 2. The summed E-state index contributed by atoms with van der Waals surface area (Å²) in [6.45, 7) is 5.02. The van der Waals surface area contributed by atoms with E-state index in [1.165, 1.54) is 7.11 Å². The molecule has 0 unspecified atom stereocenters. The van der Waals surface area contributed by atoms with Crippen molar-refractivity contribution < 1.29 is 28.3 Å². The normalized spacial score (nSPS) is 16.9. The molecule has 34 heavy (non-hydrogen) atoms. The SMILES string of the molecule is COc1cc(OC)c2c(c1)OC1(CCN(C(=O)Cc3noc4c(C)cc(C)cc34)CC1)CC2=O. The van der Waals surface area contributed by atoms with Crippen LogP contribution in [-0.4, -0.2) is 54.7 Å². The fourth-order valence-corrected chi connectivity index (χ4v) is 5.12. The summed E-state index contributed by atoms with van der Waals surface area (Å²) < 4.78 is 22.6. The van der Waals surface area contributed by atoms with Crippen LogP contribution in [0.25, 0.3) is 11.0 Å². The molecule has 8 nitrogen and oxygen atoms in total. The Morgan fingerprint density at radius 2 is 1.88 bits per heavy atom. The van der Waals surface area contributed by atoms with Gasteiger partial charge in [-0.3, -0.25) is 9.59 Å². The summed E-state index contributed by atoms with van der Waals surface area (Å²) in [4.78, 5) is 28.0. The molecule has 2 aliphatic rings. The molecule has 0 saturated carbocycles. The van der Waals surface area contributed by atoms with Crippen molar-refractivity contribution in [2.24, 2.45) is 0 Å². The van der Waals surface area contributed by atoms with Crippen molar-refractivity contribution in [1.29, 1.82) is 0 Å². The first kappa shape index (κ1) is 22.3. The van der Waals surface area contributed by atoms with Gasteiger partial charge in [0.15, 0.2) is 11.4 Å². The van der Waals surface area contributed by atoms with Crippen LogP contribution in [-0.2, 0) is 11.2 Å². The number of nitrogens with zero attached hydrogens (tertiary/aromatic N) is 2. The van der Waals surface area contributed by atoms with E-state index < -0.39 is 5.60 Å². The number of ketones is 1. The maximum Gasteiger partial charge on any atom is 0.228 e. The fraction of sp³-hybridized carbons (Fsp3) is 0.423. The van der Waals surface area contributed by atoms with Crippen LogP contribution in [0.4, 0.5) is 0 Å².